The molecule has 0 unspecified atom stereocenters. The molecule has 2 aromatic rings. The molecule has 2 N–H and O–H groups in total. The van der Waals surface area contributed by atoms with Crippen LogP contribution < -0.4 is 10.6 Å². The van der Waals surface area contributed by atoms with Gasteiger partial charge in [0.05, 0.1) is 12.7 Å². The third-order valence-corrected chi connectivity index (χ3v) is 3.69. The van der Waals surface area contributed by atoms with E-state index >= 15 is 0 Å². The molecule has 0 atom stereocenters. The maximum Gasteiger partial charge on any atom is 0.337 e. The number of esters is 1. The van der Waals surface area contributed by atoms with E-state index in [2.05, 4.69) is 38.8 Å². The molecule has 0 saturated carbocycles. The number of anilines is 1. The Hall–Kier alpha value is -2.83. The van der Waals surface area contributed by atoms with Crippen LogP contribution in [0, 0.1) is 0 Å². The summed E-state index contributed by atoms with van der Waals surface area (Å²) in [6, 6.07) is 6.25. The van der Waals surface area contributed by atoms with Gasteiger partial charge in [0.2, 0.25) is 0 Å². The van der Waals surface area contributed by atoms with Gasteiger partial charge in [-0.15, -0.1) is 0 Å². The van der Waals surface area contributed by atoms with Crippen LogP contribution in [0.1, 0.15) is 42.4 Å². The largest absolute Gasteiger partial charge is 0.465 e. The van der Waals surface area contributed by atoms with Gasteiger partial charge < -0.3 is 19.9 Å². The normalized spacial score (nSPS) is 10.6. The number of carbonyl (C=O) groups is 2. The zero-order chi connectivity index (χ0) is 18.2. The summed E-state index contributed by atoms with van der Waals surface area (Å²) in [7, 11) is 1.33. The van der Waals surface area contributed by atoms with Gasteiger partial charge in [0.15, 0.2) is 0 Å². The number of hydrogen-bond acceptors (Lipinski definition) is 4. The highest BCUT2D eigenvalue weighted by Crippen LogP contribution is 2.12. The van der Waals surface area contributed by atoms with E-state index in [1.807, 2.05) is 6.20 Å². The molecule has 2 rings (SSSR count). The van der Waals surface area contributed by atoms with Crippen molar-refractivity contribution >= 4 is 17.7 Å². The van der Waals surface area contributed by atoms with E-state index in [9.17, 15) is 9.59 Å². The van der Waals surface area contributed by atoms with Gasteiger partial charge in [-0.1, -0.05) is 13.8 Å². The van der Waals surface area contributed by atoms with Crippen LogP contribution >= 0.6 is 0 Å². The fourth-order valence-corrected chi connectivity index (χ4v) is 2.44. The number of nitrogens with zero attached hydrogens (tertiary/aromatic N) is 2. The molecule has 0 radical (unpaired) electrons. The van der Waals surface area contributed by atoms with E-state index in [1.165, 1.54) is 7.11 Å². The van der Waals surface area contributed by atoms with Gasteiger partial charge in [0.25, 0.3) is 0 Å². The predicted octanol–water partition coefficient (Wildman–Crippen LogP) is 3.00. The second-order valence-corrected chi connectivity index (χ2v) is 5.94. The molecule has 0 aliphatic carbocycles. The molecule has 0 fully saturated rings. The molecule has 0 saturated heterocycles. The van der Waals surface area contributed by atoms with Crippen molar-refractivity contribution in [2.24, 2.45) is 0 Å². The zero-order valence-corrected chi connectivity index (χ0v) is 14.8. The number of methoxy groups -OCH3 is 1. The molecule has 7 nitrogen and oxygen atoms in total. The molecule has 0 aliphatic heterocycles. The Kier molecular flexibility index (Phi) is 6.56. The SMILES string of the molecule is COC(=O)c1ccc(NC(=O)NCCCn2ccnc2C(C)C)cc1. The summed E-state index contributed by atoms with van der Waals surface area (Å²) in [6.07, 6.45) is 4.57. The number of carbonyl (C=O) groups excluding carboxylic acids is 2. The lowest BCUT2D eigenvalue weighted by Crippen LogP contribution is -2.30. The average Bonchev–Trinajstić information content (AvgIpc) is 3.07. The molecule has 1 heterocycles. The summed E-state index contributed by atoms with van der Waals surface area (Å²) in [6.45, 7) is 5.58. The molecule has 1 aromatic carbocycles. The van der Waals surface area contributed by atoms with E-state index in [0.29, 0.717) is 23.7 Å². The minimum absolute atomic E-state index is 0.277. The van der Waals surface area contributed by atoms with E-state index in [-0.39, 0.29) is 6.03 Å². The molecule has 7 heteroatoms. The minimum Gasteiger partial charge on any atom is -0.465 e. The van der Waals surface area contributed by atoms with Crippen LogP contribution in [0.4, 0.5) is 10.5 Å². The van der Waals surface area contributed by atoms with Gasteiger partial charge in [-0.3, -0.25) is 0 Å². The van der Waals surface area contributed by atoms with Crippen LogP contribution in [0.15, 0.2) is 36.7 Å². The smallest absolute Gasteiger partial charge is 0.337 e. The molecule has 1 aromatic heterocycles. The zero-order valence-electron chi connectivity index (χ0n) is 14.8. The van der Waals surface area contributed by atoms with Crippen LogP contribution in [0.25, 0.3) is 0 Å². The maximum absolute atomic E-state index is 11.9. The average molecular weight is 344 g/mol. The Morgan fingerprint density at radius 3 is 2.60 bits per heavy atom. The quantitative estimate of drug-likeness (QED) is 0.597. The third kappa shape index (κ3) is 5.34. The van der Waals surface area contributed by atoms with Crippen molar-refractivity contribution in [2.75, 3.05) is 19.0 Å². The summed E-state index contributed by atoms with van der Waals surface area (Å²) in [5.41, 5.74) is 1.05. The predicted molar refractivity (Wildman–Crippen MR) is 95.7 cm³/mol. The highest BCUT2D eigenvalue weighted by molar-refractivity contribution is 5.92. The van der Waals surface area contributed by atoms with Gasteiger partial charge in [0, 0.05) is 37.1 Å². The molecule has 0 spiro atoms. The Bertz CT molecular complexity index is 707. The second kappa shape index (κ2) is 8.86. The Balaban J connectivity index is 1.73. The lowest BCUT2D eigenvalue weighted by atomic mass is 10.2. The summed E-state index contributed by atoms with van der Waals surface area (Å²) in [5.74, 6) is 1.02. The fourth-order valence-electron chi connectivity index (χ4n) is 2.44. The molecule has 0 bridgehead atoms. The first kappa shape index (κ1) is 18.5. The fraction of sp³-hybridized carbons (Fsp3) is 0.389. The number of amides is 2. The highest BCUT2D eigenvalue weighted by atomic mass is 16.5. The van der Waals surface area contributed by atoms with Crippen molar-refractivity contribution in [3.05, 3.63) is 48.0 Å². The van der Waals surface area contributed by atoms with Crippen LogP contribution in [0.5, 0.6) is 0 Å². The number of rotatable bonds is 7. The molecule has 0 aliphatic rings. The van der Waals surface area contributed by atoms with Crippen molar-refractivity contribution in [2.45, 2.75) is 32.7 Å². The van der Waals surface area contributed by atoms with Crippen LogP contribution in [-0.2, 0) is 11.3 Å². The third-order valence-electron chi connectivity index (χ3n) is 3.69. The number of ether oxygens (including phenoxy) is 1. The van der Waals surface area contributed by atoms with Gasteiger partial charge >= 0.3 is 12.0 Å². The van der Waals surface area contributed by atoms with E-state index in [1.54, 1.807) is 30.5 Å². The Labute approximate surface area is 147 Å². The van der Waals surface area contributed by atoms with Gasteiger partial charge in [0.1, 0.15) is 5.82 Å². The lowest BCUT2D eigenvalue weighted by Gasteiger charge is -2.11. The van der Waals surface area contributed by atoms with E-state index in [4.69, 9.17) is 0 Å². The second-order valence-electron chi connectivity index (χ2n) is 5.94. The topological polar surface area (TPSA) is 85.2 Å². The lowest BCUT2D eigenvalue weighted by molar-refractivity contribution is 0.0600. The summed E-state index contributed by atoms with van der Waals surface area (Å²) in [4.78, 5) is 27.6. The van der Waals surface area contributed by atoms with Gasteiger partial charge in [-0.25, -0.2) is 14.6 Å². The molecule has 25 heavy (non-hydrogen) atoms. The molecule has 134 valence electrons. The van der Waals surface area contributed by atoms with Crippen molar-refractivity contribution in [1.82, 2.24) is 14.9 Å². The summed E-state index contributed by atoms with van der Waals surface area (Å²) < 4.78 is 6.74. The molecular weight excluding hydrogens is 320 g/mol. The Morgan fingerprint density at radius 1 is 1.24 bits per heavy atom. The first-order chi connectivity index (χ1) is 12.0. The van der Waals surface area contributed by atoms with Gasteiger partial charge in [-0.2, -0.15) is 0 Å². The maximum atomic E-state index is 11.9. The number of nitrogens with one attached hydrogen (secondary N) is 2. The van der Waals surface area contributed by atoms with Crippen molar-refractivity contribution in [1.29, 1.82) is 0 Å². The van der Waals surface area contributed by atoms with Crippen LogP contribution in [0.3, 0.4) is 0 Å². The summed E-state index contributed by atoms with van der Waals surface area (Å²) in [5, 5.41) is 5.54. The summed E-state index contributed by atoms with van der Waals surface area (Å²) >= 11 is 0. The molecule has 2 amide bonds. The number of aromatic nitrogens is 2. The first-order valence-corrected chi connectivity index (χ1v) is 8.25. The number of hydrogen-bond donors (Lipinski definition) is 2. The number of urea groups is 1. The van der Waals surface area contributed by atoms with Gasteiger partial charge in [-0.05, 0) is 30.7 Å². The highest BCUT2D eigenvalue weighted by Gasteiger charge is 2.08. The number of benzene rings is 1. The Morgan fingerprint density at radius 2 is 1.96 bits per heavy atom. The number of imidazole rings is 1. The van der Waals surface area contributed by atoms with Crippen molar-refractivity contribution < 1.29 is 14.3 Å². The van der Waals surface area contributed by atoms with Crippen LogP contribution in [0.2, 0.25) is 0 Å². The first-order valence-electron chi connectivity index (χ1n) is 8.25. The standard InChI is InChI=1S/C18H24N4O3/c1-13(2)16-19-10-12-22(16)11-4-9-20-18(24)21-15-7-5-14(6-8-15)17(23)25-3/h5-8,10,12-13H,4,9,11H2,1-3H3,(H2,20,21,24). The monoisotopic (exact) mass is 344 g/mol. The molecular formula is C18H24N4O3. The van der Waals surface area contributed by atoms with Crippen molar-refractivity contribution in [3.8, 4) is 0 Å². The van der Waals surface area contributed by atoms with E-state index in [0.717, 1.165) is 18.8 Å². The van der Waals surface area contributed by atoms with E-state index < -0.39 is 5.97 Å². The number of aryl methyl sites for hydroxylation is 1. The minimum atomic E-state index is -0.406. The van der Waals surface area contributed by atoms with Crippen LogP contribution in [-0.4, -0.2) is 35.2 Å². The van der Waals surface area contributed by atoms with Crippen molar-refractivity contribution in [3.63, 3.8) is 0 Å².